The number of carbonyl (C=O) groups excluding carboxylic acids is 1. The number of hydrogen-bond donors (Lipinski definition) is 1. The minimum atomic E-state index is -0.162. The van der Waals surface area contributed by atoms with Crippen LogP contribution in [0.3, 0.4) is 0 Å². The molecule has 1 heterocycles. The average Bonchev–Trinajstić information content (AvgIpc) is 3.25. The minimum Gasteiger partial charge on any atom is -0.496 e. The first-order valence-corrected chi connectivity index (χ1v) is 8.68. The van der Waals surface area contributed by atoms with Crippen LogP contribution in [0.15, 0.2) is 83.4 Å². The predicted octanol–water partition coefficient (Wildman–Crippen LogP) is 4.66. The number of hydrogen-bond acceptors (Lipinski definition) is 5. The highest BCUT2D eigenvalue weighted by molar-refractivity contribution is 6.04. The molecule has 1 N–H and O–H groups in total. The molecule has 0 spiro atoms. The fourth-order valence-corrected chi connectivity index (χ4v) is 2.77. The number of rotatable bonds is 5. The van der Waals surface area contributed by atoms with Crippen LogP contribution in [0.25, 0.3) is 22.8 Å². The second-order valence-electron chi connectivity index (χ2n) is 6.02. The molecule has 0 atom stereocenters. The molecule has 1 amide bonds. The van der Waals surface area contributed by atoms with Crippen LogP contribution in [0.4, 0.5) is 5.69 Å². The normalized spacial score (nSPS) is 10.5. The Labute approximate surface area is 161 Å². The van der Waals surface area contributed by atoms with E-state index >= 15 is 0 Å². The van der Waals surface area contributed by atoms with Crippen LogP contribution in [0.2, 0.25) is 0 Å². The Balaban J connectivity index is 1.52. The largest absolute Gasteiger partial charge is 0.496 e. The number of carbonyl (C=O) groups is 1. The van der Waals surface area contributed by atoms with Gasteiger partial charge in [0, 0.05) is 16.8 Å². The van der Waals surface area contributed by atoms with E-state index in [9.17, 15) is 4.79 Å². The molecule has 0 bridgehead atoms. The topological polar surface area (TPSA) is 77.3 Å². The predicted molar refractivity (Wildman–Crippen MR) is 106 cm³/mol. The van der Waals surface area contributed by atoms with Gasteiger partial charge in [-0.2, -0.15) is 4.98 Å². The quantitative estimate of drug-likeness (QED) is 0.552. The van der Waals surface area contributed by atoms with Crippen LogP contribution >= 0.6 is 0 Å². The van der Waals surface area contributed by atoms with Crippen molar-refractivity contribution in [2.24, 2.45) is 0 Å². The zero-order valence-electron chi connectivity index (χ0n) is 15.1. The molecule has 0 fully saturated rings. The molecule has 0 aliphatic heterocycles. The molecule has 0 saturated heterocycles. The molecule has 4 aromatic rings. The molecular formula is C22H17N3O3. The molecule has 28 heavy (non-hydrogen) atoms. The lowest BCUT2D eigenvalue weighted by Crippen LogP contribution is -2.11. The van der Waals surface area contributed by atoms with Crippen molar-refractivity contribution >= 4 is 11.6 Å². The Kier molecular flexibility index (Phi) is 4.84. The zero-order chi connectivity index (χ0) is 19.3. The summed E-state index contributed by atoms with van der Waals surface area (Å²) in [7, 11) is 1.60. The Morgan fingerprint density at radius 3 is 2.39 bits per heavy atom. The molecule has 6 heteroatoms. The van der Waals surface area contributed by atoms with Crippen LogP contribution in [-0.2, 0) is 0 Å². The van der Waals surface area contributed by atoms with Crippen molar-refractivity contribution in [2.75, 3.05) is 12.4 Å². The monoisotopic (exact) mass is 371 g/mol. The number of nitrogens with one attached hydrogen (secondary N) is 1. The minimum absolute atomic E-state index is 0.162. The van der Waals surface area contributed by atoms with Crippen molar-refractivity contribution in [1.82, 2.24) is 10.1 Å². The Bertz CT molecular complexity index is 1090. The standard InChI is InChI=1S/C22H17N3O3/c1-27-19-10-6-5-9-18(19)20-24-22(28-25-20)16-11-13-17(14-12-16)23-21(26)15-7-3-2-4-8-15/h2-14H,1H3,(H,23,26). The van der Waals surface area contributed by atoms with E-state index in [1.807, 2.05) is 54.6 Å². The van der Waals surface area contributed by atoms with Gasteiger partial charge in [-0.15, -0.1) is 0 Å². The summed E-state index contributed by atoms with van der Waals surface area (Å²) in [6, 6.07) is 23.8. The van der Waals surface area contributed by atoms with Gasteiger partial charge in [0.15, 0.2) is 0 Å². The number of aromatic nitrogens is 2. The maximum atomic E-state index is 12.2. The van der Waals surface area contributed by atoms with Crippen LogP contribution in [0.1, 0.15) is 10.4 Å². The number of amides is 1. The van der Waals surface area contributed by atoms with Crippen LogP contribution in [-0.4, -0.2) is 23.2 Å². The number of methoxy groups -OCH3 is 1. The van der Waals surface area contributed by atoms with Crippen molar-refractivity contribution in [2.45, 2.75) is 0 Å². The highest BCUT2D eigenvalue weighted by Crippen LogP contribution is 2.29. The van der Waals surface area contributed by atoms with Gasteiger partial charge in [0.25, 0.3) is 11.8 Å². The van der Waals surface area contributed by atoms with Crippen molar-refractivity contribution in [1.29, 1.82) is 0 Å². The second kappa shape index (κ2) is 7.75. The van der Waals surface area contributed by atoms with Gasteiger partial charge < -0.3 is 14.6 Å². The molecular weight excluding hydrogens is 354 g/mol. The summed E-state index contributed by atoms with van der Waals surface area (Å²) in [4.78, 5) is 16.7. The van der Waals surface area contributed by atoms with Crippen molar-refractivity contribution in [3.63, 3.8) is 0 Å². The van der Waals surface area contributed by atoms with E-state index < -0.39 is 0 Å². The number of anilines is 1. The Morgan fingerprint density at radius 2 is 1.64 bits per heavy atom. The summed E-state index contributed by atoms with van der Waals surface area (Å²) >= 11 is 0. The van der Waals surface area contributed by atoms with Crippen molar-refractivity contribution in [3.8, 4) is 28.6 Å². The van der Waals surface area contributed by atoms with E-state index in [0.717, 1.165) is 11.1 Å². The number of para-hydroxylation sites is 1. The first-order chi connectivity index (χ1) is 13.7. The molecule has 4 rings (SSSR count). The smallest absolute Gasteiger partial charge is 0.258 e. The number of nitrogens with zero attached hydrogens (tertiary/aromatic N) is 2. The van der Waals surface area contributed by atoms with E-state index in [1.54, 1.807) is 31.4 Å². The number of benzene rings is 3. The third-order valence-electron chi connectivity index (χ3n) is 4.20. The van der Waals surface area contributed by atoms with Gasteiger partial charge in [0.05, 0.1) is 12.7 Å². The lowest BCUT2D eigenvalue weighted by atomic mass is 10.1. The second-order valence-corrected chi connectivity index (χ2v) is 6.02. The van der Waals surface area contributed by atoms with E-state index in [1.165, 1.54) is 0 Å². The summed E-state index contributed by atoms with van der Waals surface area (Å²) in [6.45, 7) is 0. The van der Waals surface area contributed by atoms with Crippen LogP contribution < -0.4 is 10.1 Å². The third kappa shape index (κ3) is 3.61. The molecule has 0 saturated carbocycles. The maximum absolute atomic E-state index is 12.2. The maximum Gasteiger partial charge on any atom is 0.258 e. The summed E-state index contributed by atoms with van der Waals surface area (Å²) < 4.78 is 10.7. The third-order valence-corrected chi connectivity index (χ3v) is 4.20. The molecule has 138 valence electrons. The lowest BCUT2D eigenvalue weighted by molar-refractivity contribution is 0.102. The highest BCUT2D eigenvalue weighted by atomic mass is 16.5. The fraction of sp³-hybridized carbons (Fsp3) is 0.0455. The zero-order valence-corrected chi connectivity index (χ0v) is 15.1. The Morgan fingerprint density at radius 1 is 0.929 bits per heavy atom. The lowest BCUT2D eigenvalue weighted by Gasteiger charge is -2.05. The van der Waals surface area contributed by atoms with Crippen LogP contribution in [0, 0.1) is 0 Å². The summed E-state index contributed by atoms with van der Waals surface area (Å²) in [6.07, 6.45) is 0. The first-order valence-electron chi connectivity index (χ1n) is 8.68. The molecule has 0 aliphatic rings. The van der Waals surface area contributed by atoms with Crippen molar-refractivity contribution < 1.29 is 14.1 Å². The van der Waals surface area contributed by atoms with Gasteiger partial charge in [0.2, 0.25) is 5.82 Å². The van der Waals surface area contributed by atoms with Gasteiger partial charge in [-0.3, -0.25) is 4.79 Å². The highest BCUT2D eigenvalue weighted by Gasteiger charge is 2.14. The Hall–Kier alpha value is -3.93. The SMILES string of the molecule is COc1ccccc1-c1noc(-c2ccc(NC(=O)c3ccccc3)cc2)n1. The summed E-state index contributed by atoms with van der Waals surface area (Å²) in [5.74, 6) is 1.36. The van der Waals surface area contributed by atoms with Gasteiger partial charge in [0.1, 0.15) is 5.75 Å². The van der Waals surface area contributed by atoms with Crippen molar-refractivity contribution in [3.05, 3.63) is 84.4 Å². The van der Waals surface area contributed by atoms with E-state index in [0.29, 0.717) is 28.7 Å². The van der Waals surface area contributed by atoms with Gasteiger partial charge in [-0.25, -0.2) is 0 Å². The average molecular weight is 371 g/mol. The molecule has 0 aliphatic carbocycles. The molecule has 6 nitrogen and oxygen atoms in total. The van der Waals surface area contributed by atoms with E-state index in [4.69, 9.17) is 9.26 Å². The summed E-state index contributed by atoms with van der Waals surface area (Å²) in [5.41, 5.74) is 2.80. The van der Waals surface area contributed by atoms with Crippen LogP contribution in [0.5, 0.6) is 5.75 Å². The molecule has 3 aromatic carbocycles. The van der Waals surface area contributed by atoms with E-state index in [-0.39, 0.29) is 5.91 Å². The van der Waals surface area contributed by atoms with Gasteiger partial charge in [-0.1, -0.05) is 35.5 Å². The van der Waals surface area contributed by atoms with E-state index in [2.05, 4.69) is 15.5 Å². The van der Waals surface area contributed by atoms with Gasteiger partial charge >= 0.3 is 0 Å². The molecule has 0 radical (unpaired) electrons. The fourth-order valence-electron chi connectivity index (χ4n) is 2.77. The molecule has 1 aromatic heterocycles. The summed E-state index contributed by atoms with van der Waals surface area (Å²) in [5, 5.41) is 6.91. The van der Waals surface area contributed by atoms with Gasteiger partial charge in [-0.05, 0) is 48.5 Å². The molecule has 0 unspecified atom stereocenters. The number of ether oxygens (including phenoxy) is 1. The first kappa shape index (κ1) is 17.5.